The molecule has 3 N–H and O–H groups in total. The van der Waals surface area contributed by atoms with Crippen molar-refractivity contribution in [3.05, 3.63) is 24.3 Å². The van der Waals surface area contributed by atoms with E-state index >= 15 is 0 Å². The van der Waals surface area contributed by atoms with Crippen LogP contribution in [0.3, 0.4) is 0 Å². The first-order valence-electron chi connectivity index (χ1n) is 9.86. The molecule has 0 saturated heterocycles. The van der Waals surface area contributed by atoms with Crippen molar-refractivity contribution in [3.8, 4) is 0 Å². The van der Waals surface area contributed by atoms with Gasteiger partial charge in [0.1, 0.15) is 0 Å². The van der Waals surface area contributed by atoms with Gasteiger partial charge in [0.2, 0.25) is 0 Å². The highest BCUT2D eigenvalue weighted by Crippen LogP contribution is 2.24. The van der Waals surface area contributed by atoms with Gasteiger partial charge in [0.15, 0.2) is 0 Å². The lowest BCUT2D eigenvalue weighted by Crippen LogP contribution is -2.64. The maximum atomic E-state index is 6.50. The lowest BCUT2D eigenvalue weighted by atomic mass is 9.84. The third-order valence-electron chi connectivity index (χ3n) is 5.48. The fourth-order valence-corrected chi connectivity index (χ4v) is 3.70. The molecule has 0 fully saturated rings. The summed E-state index contributed by atoms with van der Waals surface area (Å²) in [5, 5.41) is 3.76. The molecule has 1 aliphatic rings. The Morgan fingerprint density at radius 3 is 2.29 bits per heavy atom. The standard InChI is InChI=1S/C20H40N4/c1-6-23(7-2)16-12-13-18(5)22-17-20(24(8-3)9-4)15-11-10-14-19(20)21/h10-11,14-15,18-19,22H,6-9,12-13,16-17,21H2,1-5H3. The second-order valence-corrected chi connectivity index (χ2v) is 6.88. The first-order chi connectivity index (χ1) is 11.5. The highest BCUT2D eigenvalue weighted by Gasteiger charge is 2.38. The number of nitrogens with two attached hydrogens (primary N) is 1. The van der Waals surface area contributed by atoms with Gasteiger partial charge in [-0.2, -0.15) is 0 Å². The SMILES string of the molecule is CCN(CC)CCCC(C)NCC1(N(CC)CC)C=CC=CC1N. The Morgan fingerprint density at radius 1 is 1.08 bits per heavy atom. The fraction of sp³-hybridized carbons (Fsp3) is 0.800. The van der Waals surface area contributed by atoms with Crippen LogP contribution >= 0.6 is 0 Å². The van der Waals surface area contributed by atoms with Crippen LogP contribution in [0, 0.1) is 0 Å². The first kappa shape index (κ1) is 21.4. The molecule has 0 aliphatic heterocycles. The minimum atomic E-state index is -0.106. The number of nitrogens with zero attached hydrogens (tertiary/aromatic N) is 2. The van der Waals surface area contributed by atoms with Gasteiger partial charge < -0.3 is 16.0 Å². The molecule has 0 aromatic heterocycles. The third kappa shape index (κ3) is 5.69. The molecule has 4 heteroatoms. The Morgan fingerprint density at radius 2 is 1.75 bits per heavy atom. The van der Waals surface area contributed by atoms with Gasteiger partial charge in [0.25, 0.3) is 0 Å². The lowest BCUT2D eigenvalue weighted by molar-refractivity contribution is 0.123. The van der Waals surface area contributed by atoms with Crippen molar-refractivity contribution in [1.82, 2.24) is 15.1 Å². The van der Waals surface area contributed by atoms with E-state index in [0.717, 1.165) is 32.7 Å². The first-order valence-corrected chi connectivity index (χ1v) is 9.86. The van der Waals surface area contributed by atoms with Gasteiger partial charge in [0, 0.05) is 18.6 Å². The number of allylic oxidation sites excluding steroid dienone is 2. The summed E-state index contributed by atoms with van der Waals surface area (Å²) in [6, 6.07) is 0.553. The summed E-state index contributed by atoms with van der Waals surface area (Å²) < 4.78 is 0. The summed E-state index contributed by atoms with van der Waals surface area (Å²) in [6.07, 6.45) is 11.1. The Hall–Kier alpha value is -0.680. The normalized spacial score (nSPS) is 24.9. The molecule has 0 amide bonds. The Balaban J connectivity index is 2.56. The molecule has 0 heterocycles. The van der Waals surface area contributed by atoms with E-state index in [4.69, 9.17) is 5.73 Å². The van der Waals surface area contributed by atoms with Crippen LogP contribution in [0.5, 0.6) is 0 Å². The molecule has 0 aromatic rings. The monoisotopic (exact) mass is 336 g/mol. The minimum absolute atomic E-state index is 0.0396. The van der Waals surface area contributed by atoms with E-state index in [1.807, 2.05) is 0 Å². The second kappa shape index (κ2) is 11.0. The molecule has 0 saturated carbocycles. The maximum absolute atomic E-state index is 6.50. The van der Waals surface area contributed by atoms with Gasteiger partial charge in [-0.25, -0.2) is 0 Å². The van der Waals surface area contributed by atoms with Crippen LogP contribution in [-0.2, 0) is 0 Å². The molecule has 0 aromatic carbocycles. The molecule has 140 valence electrons. The zero-order chi connectivity index (χ0) is 18.0. The Bertz CT molecular complexity index is 385. The zero-order valence-electron chi connectivity index (χ0n) is 16.6. The lowest BCUT2D eigenvalue weighted by Gasteiger charge is -2.46. The van der Waals surface area contributed by atoms with Crippen LogP contribution in [0.25, 0.3) is 0 Å². The van der Waals surface area contributed by atoms with Crippen LogP contribution in [-0.4, -0.2) is 66.7 Å². The topological polar surface area (TPSA) is 44.5 Å². The largest absolute Gasteiger partial charge is 0.323 e. The van der Waals surface area contributed by atoms with E-state index in [1.54, 1.807) is 0 Å². The molecule has 0 radical (unpaired) electrons. The van der Waals surface area contributed by atoms with Gasteiger partial charge in [-0.1, -0.05) is 52.0 Å². The van der Waals surface area contributed by atoms with Gasteiger partial charge in [-0.05, 0) is 52.5 Å². The van der Waals surface area contributed by atoms with Crippen LogP contribution in [0.4, 0.5) is 0 Å². The van der Waals surface area contributed by atoms with Gasteiger partial charge in [-0.3, -0.25) is 4.90 Å². The number of rotatable bonds is 12. The van der Waals surface area contributed by atoms with E-state index in [-0.39, 0.29) is 11.6 Å². The van der Waals surface area contributed by atoms with Gasteiger partial charge >= 0.3 is 0 Å². The number of likely N-dealkylation sites (N-methyl/N-ethyl adjacent to an activating group) is 1. The van der Waals surface area contributed by atoms with E-state index in [0.29, 0.717) is 6.04 Å². The quantitative estimate of drug-likeness (QED) is 0.575. The van der Waals surface area contributed by atoms with Crippen LogP contribution < -0.4 is 11.1 Å². The number of nitrogens with one attached hydrogen (secondary N) is 1. The summed E-state index contributed by atoms with van der Waals surface area (Å²) in [6.45, 7) is 17.6. The number of hydrogen-bond donors (Lipinski definition) is 2. The van der Waals surface area contributed by atoms with Gasteiger partial charge in [0.05, 0.1) is 5.54 Å². The summed E-state index contributed by atoms with van der Waals surface area (Å²) in [5.74, 6) is 0. The van der Waals surface area contributed by atoms with Crippen molar-refractivity contribution in [2.75, 3.05) is 39.3 Å². The average molecular weight is 337 g/mol. The molecule has 3 unspecified atom stereocenters. The predicted molar refractivity (Wildman–Crippen MR) is 106 cm³/mol. The van der Waals surface area contributed by atoms with E-state index in [1.165, 1.54) is 19.4 Å². The molecular weight excluding hydrogens is 296 g/mol. The fourth-order valence-electron chi connectivity index (χ4n) is 3.70. The zero-order valence-corrected chi connectivity index (χ0v) is 16.6. The van der Waals surface area contributed by atoms with E-state index in [9.17, 15) is 0 Å². The summed E-state index contributed by atoms with van der Waals surface area (Å²) >= 11 is 0. The molecule has 0 bridgehead atoms. The van der Waals surface area contributed by atoms with Crippen molar-refractivity contribution < 1.29 is 0 Å². The van der Waals surface area contributed by atoms with E-state index < -0.39 is 0 Å². The number of hydrogen-bond acceptors (Lipinski definition) is 4. The predicted octanol–water partition coefficient (Wildman–Crippen LogP) is 2.62. The smallest absolute Gasteiger partial charge is 0.0708 e. The van der Waals surface area contributed by atoms with Crippen molar-refractivity contribution in [3.63, 3.8) is 0 Å². The third-order valence-corrected chi connectivity index (χ3v) is 5.48. The van der Waals surface area contributed by atoms with Crippen molar-refractivity contribution in [1.29, 1.82) is 0 Å². The second-order valence-electron chi connectivity index (χ2n) is 6.88. The highest BCUT2D eigenvalue weighted by atomic mass is 15.2. The molecular formula is C20H40N4. The summed E-state index contributed by atoms with van der Waals surface area (Å²) in [7, 11) is 0. The molecule has 1 aliphatic carbocycles. The molecule has 4 nitrogen and oxygen atoms in total. The van der Waals surface area contributed by atoms with Crippen LogP contribution in [0.15, 0.2) is 24.3 Å². The summed E-state index contributed by atoms with van der Waals surface area (Å²) in [4.78, 5) is 4.97. The Labute approximate surface area is 150 Å². The maximum Gasteiger partial charge on any atom is 0.0708 e. The summed E-state index contributed by atoms with van der Waals surface area (Å²) in [5.41, 5.74) is 6.40. The van der Waals surface area contributed by atoms with Crippen molar-refractivity contribution in [2.24, 2.45) is 5.73 Å². The molecule has 1 rings (SSSR count). The highest BCUT2D eigenvalue weighted by molar-refractivity contribution is 5.28. The van der Waals surface area contributed by atoms with Crippen LogP contribution in [0.2, 0.25) is 0 Å². The molecule has 0 spiro atoms. The molecule has 3 atom stereocenters. The Kier molecular flexibility index (Phi) is 9.82. The molecule has 24 heavy (non-hydrogen) atoms. The minimum Gasteiger partial charge on any atom is -0.323 e. The van der Waals surface area contributed by atoms with E-state index in [2.05, 4.69) is 74.0 Å². The van der Waals surface area contributed by atoms with Crippen molar-refractivity contribution >= 4 is 0 Å². The van der Waals surface area contributed by atoms with Crippen LogP contribution in [0.1, 0.15) is 47.5 Å². The van der Waals surface area contributed by atoms with Gasteiger partial charge in [-0.15, -0.1) is 0 Å². The average Bonchev–Trinajstić information content (AvgIpc) is 2.60. The van der Waals surface area contributed by atoms with Crippen molar-refractivity contribution in [2.45, 2.75) is 65.1 Å².